The van der Waals surface area contributed by atoms with Crippen molar-refractivity contribution in [3.63, 3.8) is 0 Å². The molecule has 2 atom stereocenters. The molecule has 1 fully saturated rings. The van der Waals surface area contributed by atoms with E-state index < -0.39 is 0 Å². The molecule has 0 aliphatic heterocycles. The maximum atomic E-state index is 2.40. The number of rotatable bonds is 1. The Kier molecular flexibility index (Phi) is 2.88. The molecule has 2 aromatic rings. The number of benzene rings is 2. The van der Waals surface area contributed by atoms with Crippen LogP contribution >= 0.6 is 0 Å². The van der Waals surface area contributed by atoms with E-state index in [2.05, 4.69) is 49.4 Å². The first-order valence-electron chi connectivity index (χ1n) is 6.82. The third kappa shape index (κ3) is 2.09. The molecule has 0 spiro atoms. The molecule has 0 heterocycles. The Morgan fingerprint density at radius 3 is 2.65 bits per heavy atom. The summed E-state index contributed by atoms with van der Waals surface area (Å²) in [7, 11) is 0. The third-order valence-corrected chi connectivity index (χ3v) is 4.20. The summed E-state index contributed by atoms with van der Waals surface area (Å²) in [4.78, 5) is 0. The van der Waals surface area contributed by atoms with Crippen LogP contribution in [0.5, 0.6) is 0 Å². The van der Waals surface area contributed by atoms with E-state index in [9.17, 15) is 0 Å². The molecule has 0 amide bonds. The molecule has 0 N–H and O–H groups in total. The van der Waals surface area contributed by atoms with Crippen molar-refractivity contribution in [2.24, 2.45) is 5.92 Å². The second-order valence-electron chi connectivity index (χ2n) is 5.54. The van der Waals surface area contributed by atoms with Gasteiger partial charge in [-0.05, 0) is 41.0 Å². The summed E-state index contributed by atoms with van der Waals surface area (Å²) in [6.07, 6.45) is 5.56. The highest BCUT2D eigenvalue weighted by Crippen LogP contribution is 2.38. The lowest BCUT2D eigenvalue weighted by atomic mass is 9.77. The Hall–Kier alpha value is -1.30. The van der Waals surface area contributed by atoms with Gasteiger partial charge in [-0.3, -0.25) is 0 Å². The van der Waals surface area contributed by atoms with E-state index in [0.717, 1.165) is 11.8 Å². The summed E-state index contributed by atoms with van der Waals surface area (Å²) in [5.74, 6) is 1.68. The second kappa shape index (κ2) is 4.52. The number of hydrogen-bond donors (Lipinski definition) is 0. The third-order valence-electron chi connectivity index (χ3n) is 4.20. The van der Waals surface area contributed by atoms with Crippen LogP contribution in [0.25, 0.3) is 10.8 Å². The van der Waals surface area contributed by atoms with Crippen molar-refractivity contribution in [2.75, 3.05) is 0 Å². The summed E-state index contributed by atoms with van der Waals surface area (Å²) in [5, 5.41) is 2.86. The molecule has 3 rings (SSSR count). The zero-order valence-corrected chi connectivity index (χ0v) is 10.5. The van der Waals surface area contributed by atoms with Gasteiger partial charge >= 0.3 is 0 Å². The molecule has 2 unspecified atom stereocenters. The van der Waals surface area contributed by atoms with Gasteiger partial charge in [0.05, 0.1) is 0 Å². The minimum absolute atomic E-state index is 0.782. The lowest BCUT2D eigenvalue weighted by Crippen LogP contribution is -2.11. The van der Waals surface area contributed by atoms with Gasteiger partial charge in [0.15, 0.2) is 0 Å². The zero-order valence-electron chi connectivity index (χ0n) is 10.5. The Morgan fingerprint density at radius 1 is 0.941 bits per heavy atom. The van der Waals surface area contributed by atoms with Crippen LogP contribution in [0, 0.1) is 5.92 Å². The Labute approximate surface area is 104 Å². The van der Waals surface area contributed by atoms with Crippen molar-refractivity contribution >= 4 is 10.8 Å². The van der Waals surface area contributed by atoms with Crippen LogP contribution < -0.4 is 0 Å². The lowest BCUT2D eigenvalue weighted by Gasteiger charge is -2.28. The van der Waals surface area contributed by atoms with E-state index >= 15 is 0 Å². The van der Waals surface area contributed by atoms with Gasteiger partial charge in [-0.15, -0.1) is 0 Å². The average molecular weight is 224 g/mol. The van der Waals surface area contributed by atoms with Gasteiger partial charge in [-0.2, -0.15) is 0 Å². The topological polar surface area (TPSA) is 0 Å². The van der Waals surface area contributed by atoms with Crippen molar-refractivity contribution in [3.8, 4) is 0 Å². The van der Waals surface area contributed by atoms with Crippen molar-refractivity contribution < 1.29 is 0 Å². The fourth-order valence-electron chi connectivity index (χ4n) is 3.32. The Bertz CT molecular complexity index is 507. The Balaban J connectivity index is 2.04. The van der Waals surface area contributed by atoms with E-state index in [4.69, 9.17) is 0 Å². The molecule has 0 nitrogen and oxygen atoms in total. The Morgan fingerprint density at radius 2 is 1.76 bits per heavy atom. The van der Waals surface area contributed by atoms with Gasteiger partial charge in [0.2, 0.25) is 0 Å². The van der Waals surface area contributed by atoms with Crippen molar-refractivity contribution in [1.29, 1.82) is 0 Å². The number of fused-ring (bicyclic) bond motifs is 1. The van der Waals surface area contributed by atoms with Crippen LogP contribution in [0.1, 0.15) is 44.1 Å². The van der Waals surface area contributed by atoms with Crippen LogP contribution in [0.3, 0.4) is 0 Å². The largest absolute Gasteiger partial charge is 0.0625 e. The van der Waals surface area contributed by atoms with Gasteiger partial charge in [-0.1, -0.05) is 62.2 Å². The summed E-state index contributed by atoms with van der Waals surface area (Å²) in [6, 6.07) is 15.6. The zero-order chi connectivity index (χ0) is 11.7. The van der Waals surface area contributed by atoms with E-state index in [1.807, 2.05) is 0 Å². The van der Waals surface area contributed by atoms with E-state index in [1.165, 1.54) is 36.5 Å². The minimum Gasteiger partial charge on any atom is -0.0625 e. The quantitative estimate of drug-likeness (QED) is 0.629. The van der Waals surface area contributed by atoms with Crippen LogP contribution in [-0.2, 0) is 0 Å². The molecule has 2 aromatic carbocycles. The first-order valence-corrected chi connectivity index (χ1v) is 6.82. The van der Waals surface area contributed by atoms with E-state index in [1.54, 1.807) is 5.56 Å². The smallest absolute Gasteiger partial charge is 0.0149 e. The predicted molar refractivity (Wildman–Crippen MR) is 74.3 cm³/mol. The normalized spacial score (nSPS) is 25.0. The van der Waals surface area contributed by atoms with Crippen molar-refractivity contribution in [2.45, 2.75) is 38.5 Å². The molecule has 88 valence electrons. The van der Waals surface area contributed by atoms with Crippen LogP contribution in [0.15, 0.2) is 42.5 Å². The highest BCUT2D eigenvalue weighted by atomic mass is 14.3. The average Bonchev–Trinajstić information content (AvgIpc) is 2.38. The summed E-state index contributed by atoms with van der Waals surface area (Å²) < 4.78 is 0. The summed E-state index contributed by atoms with van der Waals surface area (Å²) in [6.45, 7) is 2.40. The molecule has 17 heavy (non-hydrogen) atoms. The molecule has 0 saturated heterocycles. The molecule has 0 bridgehead atoms. The second-order valence-corrected chi connectivity index (χ2v) is 5.54. The van der Waals surface area contributed by atoms with Gasteiger partial charge in [0, 0.05) is 0 Å². The molecular formula is C17H20. The SMILES string of the molecule is CC1CCCC(c2cccc3ccccc23)C1. The standard InChI is InChI=1S/C17H20/c1-13-6-4-9-15(12-13)17-11-5-8-14-7-2-3-10-16(14)17/h2-3,5,7-8,10-11,13,15H,4,6,9,12H2,1H3. The lowest BCUT2D eigenvalue weighted by molar-refractivity contribution is 0.345. The van der Waals surface area contributed by atoms with Gasteiger partial charge < -0.3 is 0 Å². The van der Waals surface area contributed by atoms with Gasteiger partial charge in [0.25, 0.3) is 0 Å². The molecule has 0 aromatic heterocycles. The molecule has 1 aliphatic rings. The van der Waals surface area contributed by atoms with Gasteiger partial charge in [0.1, 0.15) is 0 Å². The summed E-state index contributed by atoms with van der Waals surface area (Å²) >= 11 is 0. The van der Waals surface area contributed by atoms with Gasteiger partial charge in [-0.25, -0.2) is 0 Å². The molecular weight excluding hydrogens is 204 g/mol. The highest BCUT2D eigenvalue weighted by Gasteiger charge is 2.21. The van der Waals surface area contributed by atoms with Crippen LogP contribution in [0.4, 0.5) is 0 Å². The molecule has 0 radical (unpaired) electrons. The number of hydrogen-bond acceptors (Lipinski definition) is 0. The predicted octanol–water partition coefficient (Wildman–Crippen LogP) is 5.13. The van der Waals surface area contributed by atoms with Crippen molar-refractivity contribution in [1.82, 2.24) is 0 Å². The first kappa shape index (κ1) is 10.8. The fraction of sp³-hybridized carbons (Fsp3) is 0.412. The first-order chi connectivity index (χ1) is 8.34. The van der Waals surface area contributed by atoms with E-state index in [0.29, 0.717) is 0 Å². The van der Waals surface area contributed by atoms with Crippen LogP contribution in [0.2, 0.25) is 0 Å². The van der Waals surface area contributed by atoms with Crippen LogP contribution in [-0.4, -0.2) is 0 Å². The summed E-state index contributed by atoms with van der Waals surface area (Å²) in [5.41, 5.74) is 1.58. The van der Waals surface area contributed by atoms with E-state index in [-0.39, 0.29) is 0 Å². The molecule has 1 saturated carbocycles. The molecule has 1 aliphatic carbocycles. The van der Waals surface area contributed by atoms with Crippen molar-refractivity contribution in [3.05, 3.63) is 48.0 Å². The maximum absolute atomic E-state index is 2.40. The minimum atomic E-state index is 0.782. The molecule has 0 heteroatoms. The maximum Gasteiger partial charge on any atom is -0.0149 e. The highest BCUT2D eigenvalue weighted by molar-refractivity contribution is 5.86. The fourth-order valence-corrected chi connectivity index (χ4v) is 3.32. The monoisotopic (exact) mass is 224 g/mol.